The average molecular weight is 326 g/mol. The van der Waals surface area contributed by atoms with E-state index in [-0.39, 0.29) is 10.5 Å². The standard InChI is InChI=1S/C14H18N2O5S/c1-14(2)9-20-7-6-16(14)22(18,19)10-4-5-11-12(8-10)21-13(17)15(11)3/h4-5,8H,6-7,9H2,1-3H3. The van der Waals surface area contributed by atoms with Crippen LogP contribution in [0.1, 0.15) is 13.8 Å². The molecule has 1 saturated heterocycles. The maximum Gasteiger partial charge on any atom is 0.419 e. The molecule has 1 aliphatic rings. The number of benzene rings is 1. The maximum atomic E-state index is 12.9. The lowest BCUT2D eigenvalue weighted by molar-refractivity contribution is -0.00770. The maximum absolute atomic E-state index is 12.9. The van der Waals surface area contributed by atoms with Crippen LogP contribution in [0.25, 0.3) is 11.1 Å². The van der Waals surface area contributed by atoms with Gasteiger partial charge in [0.1, 0.15) is 0 Å². The van der Waals surface area contributed by atoms with E-state index in [0.717, 1.165) is 0 Å². The topological polar surface area (TPSA) is 81.8 Å². The van der Waals surface area contributed by atoms with Crippen LogP contribution in [0.5, 0.6) is 0 Å². The number of oxazole rings is 1. The Morgan fingerprint density at radius 1 is 1.27 bits per heavy atom. The molecule has 0 N–H and O–H groups in total. The first-order valence-electron chi connectivity index (χ1n) is 6.94. The number of nitrogens with zero attached hydrogens (tertiary/aromatic N) is 2. The van der Waals surface area contributed by atoms with Gasteiger partial charge in [0.05, 0.1) is 29.2 Å². The highest BCUT2D eigenvalue weighted by molar-refractivity contribution is 7.89. The lowest BCUT2D eigenvalue weighted by Gasteiger charge is -2.40. The van der Waals surface area contributed by atoms with Crippen LogP contribution < -0.4 is 5.76 Å². The van der Waals surface area contributed by atoms with E-state index >= 15 is 0 Å². The second kappa shape index (κ2) is 4.94. The molecule has 0 unspecified atom stereocenters. The second-order valence-electron chi connectivity index (χ2n) is 6.00. The third-order valence-corrected chi connectivity index (χ3v) is 6.03. The highest BCUT2D eigenvalue weighted by Gasteiger charge is 2.39. The molecule has 2 heterocycles. The van der Waals surface area contributed by atoms with Crippen molar-refractivity contribution in [2.24, 2.45) is 7.05 Å². The molecule has 0 atom stereocenters. The highest BCUT2D eigenvalue weighted by atomic mass is 32.2. The van der Waals surface area contributed by atoms with Crippen molar-refractivity contribution in [3.8, 4) is 0 Å². The number of fused-ring (bicyclic) bond motifs is 1. The fourth-order valence-corrected chi connectivity index (χ4v) is 4.46. The van der Waals surface area contributed by atoms with Crippen LogP contribution in [0.2, 0.25) is 0 Å². The minimum Gasteiger partial charge on any atom is -0.408 e. The molecule has 1 aliphatic heterocycles. The molecular formula is C14H18N2O5S. The van der Waals surface area contributed by atoms with E-state index < -0.39 is 21.3 Å². The lowest BCUT2D eigenvalue weighted by Crippen LogP contribution is -2.55. The molecule has 1 aromatic heterocycles. The van der Waals surface area contributed by atoms with Gasteiger partial charge in [-0.15, -0.1) is 0 Å². The van der Waals surface area contributed by atoms with E-state index in [2.05, 4.69) is 0 Å². The van der Waals surface area contributed by atoms with Crippen molar-refractivity contribution in [3.63, 3.8) is 0 Å². The van der Waals surface area contributed by atoms with E-state index in [1.54, 1.807) is 13.1 Å². The summed E-state index contributed by atoms with van der Waals surface area (Å²) in [4.78, 5) is 11.6. The summed E-state index contributed by atoms with van der Waals surface area (Å²) in [5.74, 6) is -0.517. The largest absolute Gasteiger partial charge is 0.419 e. The molecule has 0 saturated carbocycles. The molecule has 7 nitrogen and oxygen atoms in total. The summed E-state index contributed by atoms with van der Waals surface area (Å²) in [6, 6.07) is 4.48. The first-order valence-corrected chi connectivity index (χ1v) is 8.38. The summed E-state index contributed by atoms with van der Waals surface area (Å²) in [5, 5.41) is 0. The third kappa shape index (κ3) is 2.27. The molecule has 2 aromatic rings. The Labute approximate surface area is 128 Å². The van der Waals surface area contributed by atoms with Gasteiger partial charge in [0.2, 0.25) is 10.0 Å². The van der Waals surface area contributed by atoms with Crippen LogP contribution in [-0.2, 0) is 21.8 Å². The quantitative estimate of drug-likeness (QED) is 0.820. The van der Waals surface area contributed by atoms with Gasteiger partial charge in [-0.2, -0.15) is 4.31 Å². The molecule has 0 amide bonds. The summed E-state index contributed by atoms with van der Waals surface area (Å²) in [7, 11) is -2.11. The Morgan fingerprint density at radius 2 is 2.00 bits per heavy atom. The van der Waals surface area contributed by atoms with E-state index in [1.807, 2.05) is 13.8 Å². The Bertz CT molecular complexity index is 878. The molecule has 3 rings (SSSR count). The van der Waals surface area contributed by atoms with Gasteiger partial charge in [-0.05, 0) is 26.0 Å². The first kappa shape index (κ1) is 15.3. The minimum absolute atomic E-state index is 0.115. The Morgan fingerprint density at radius 3 is 2.68 bits per heavy atom. The van der Waals surface area contributed by atoms with Gasteiger partial charge in [0.15, 0.2) is 5.58 Å². The molecule has 120 valence electrons. The van der Waals surface area contributed by atoms with Crippen LogP contribution in [-0.4, -0.2) is 42.6 Å². The van der Waals surface area contributed by atoms with Crippen molar-refractivity contribution >= 4 is 21.1 Å². The molecule has 1 aromatic carbocycles. The summed E-state index contributed by atoms with van der Waals surface area (Å²) in [6.07, 6.45) is 0. The lowest BCUT2D eigenvalue weighted by atomic mass is 10.1. The van der Waals surface area contributed by atoms with Crippen LogP contribution in [0, 0.1) is 0 Å². The second-order valence-corrected chi connectivity index (χ2v) is 7.86. The molecular weight excluding hydrogens is 308 g/mol. The van der Waals surface area contributed by atoms with Crippen LogP contribution in [0.4, 0.5) is 0 Å². The van der Waals surface area contributed by atoms with Crippen molar-refractivity contribution in [1.82, 2.24) is 8.87 Å². The fourth-order valence-electron chi connectivity index (χ4n) is 2.69. The van der Waals surface area contributed by atoms with Crippen molar-refractivity contribution in [3.05, 3.63) is 28.7 Å². The van der Waals surface area contributed by atoms with E-state index in [0.29, 0.717) is 25.3 Å². The summed E-state index contributed by atoms with van der Waals surface area (Å²) in [6.45, 7) is 4.65. The Hall–Kier alpha value is -1.64. The number of morpholine rings is 1. The van der Waals surface area contributed by atoms with Crippen molar-refractivity contribution < 1.29 is 17.6 Å². The van der Waals surface area contributed by atoms with Gasteiger partial charge in [0, 0.05) is 19.7 Å². The smallest absolute Gasteiger partial charge is 0.408 e. The van der Waals surface area contributed by atoms with E-state index in [9.17, 15) is 13.2 Å². The number of rotatable bonds is 2. The molecule has 0 radical (unpaired) electrons. The Balaban J connectivity index is 2.11. The van der Waals surface area contributed by atoms with Crippen molar-refractivity contribution in [2.75, 3.05) is 19.8 Å². The number of aromatic nitrogens is 1. The number of hydrogen-bond donors (Lipinski definition) is 0. The predicted molar refractivity (Wildman–Crippen MR) is 80.2 cm³/mol. The van der Waals surface area contributed by atoms with E-state index in [1.165, 1.54) is 21.0 Å². The van der Waals surface area contributed by atoms with Gasteiger partial charge >= 0.3 is 5.76 Å². The predicted octanol–water partition coefficient (Wildman–Crippen LogP) is 0.931. The summed E-state index contributed by atoms with van der Waals surface area (Å²) in [5.41, 5.74) is 0.202. The number of sulfonamides is 1. The van der Waals surface area contributed by atoms with Crippen LogP contribution in [0.3, 0.4) is 0 Å². The number of aryl methyl sites for hydroxylation is 1. The Kier molecular flexibility index (Phi) is 3.42. The molecule has 0 bridgehead atoms. The molecule has 22 heavy (non-hydrogen) atoms. The zero-order chi connectivity index (χ0) is 16.1. The van der Waals surface area contributed by atoms with Crippen LogP contribution >= 0.6 is 0 Å². The molecule has 8 heteroatoms. The number of hydrogen-bond acceptors (Lipinski definition) is 5. The van der Waals surface area contributed by atoms with Gasteiger partial charge < -0.3 is 9.15 Å². The van der Waals surface area contributed by atoms with Crippen molar-refractivity contribution in [1.29, 1.82) is 0 Å². The fraction of sp³-hybridized carbons (Fsp3) is 0.500. The monoisotopic (exact) mass is 326 g/mol. The third-order valence-electron chi connectivity index (χ3n) is 3.92. The van der Waals surface area contributed by atoms with Crippen molar-refractivity contribution in [2.45, 2.75) is 24.3 Å². The normalized spacial score (nSPS) is 19.6. The van der Waals surface area contributed by atoms with Gasteiger partial charge in [-0.25, -0.2) is 13.2 Å². The SMILES string of the molecule is Cn1c(=O)oc2cc(S(=O)(=O)N3CCOCC3(C)C)ccc21. The summed E-state index contributed by atoms with van der Waals surface area (Å²) < 4.78 is 39.0. The minimum atomic E-state index is -3.68. The van der Waals surface area contributed by atoms with Gasteiger partial charge in [-0.3, -0.25) is 4.57 Å². The van der Waals surface area contributed by atoms with Crippen LogP contribution in [0.15, 0.2) is 32.3 Å². The van der Waals surface area contributed by atoms with Gasteiger partial charge in [-0.1, -0.05) is 0 Å². The molecule has 0 aliphatic carbocycles. The zero-order valence-corrected chi connectivity index (χ0v) is 13.5. The zero-order valence-electron chi connectivity index (χ0n) is 12.7. The summed E-state index contributed by atoms with van der Waals surface area (Å²) >= 11 is 0. The molecule has 1 fully saturated rings. The first-order chi connectivity index (χ1) is 10.2. The number of ether oxygens (including phenoxy) is 1. The average Bonchev–Trinajstić information content (AvgIpc) is 2.73. The highest BCUT2D eigenvalue weighted by Crippen LogP contribution is 2.28. The van der Waals surface area contributed by atoms with E-state index in [4.69, 9.17) is 9.15 Å². The molecule has 0 spiro atoms. The van der Waals surface area contributed by atoms with Gasteiger partial charge in [0.25, 0.3) is 0 Å².